The number of benzene rings is 1. The van der Waals surface area contributed by atoms with Gasteiger partial charge in [-0.05, 0) is 31.2 Å². The largest absolute Gasteiger partial charge is 0.497 e. The second kappa shape index (κ2) is 6.82. The zero-order valence-electron chi connectivity index (χ0n) is 13.1. The summed E-state index contributed by atoms with van der Waals surface area (Å²) in [5, 5.41) is 1.18. The molecule has 23 heavy (non-hydrogen) atoms. The molecule has 0 saturated carbocycles. The Hall–Kier alpha value is -2.35. The van der Waals surface area contributed by atoms with Crippen molar-refractivity contribution in [3.05, 3.63) is 36.2 Å². The van der Waals surface area contributed by atoms with Crippen LogP contribution in [0, 0.1) is 0 Å². The number of carbonyl (C=O) groups is 1. The molecule has 8 heteroatoms. The normalized spacial score (nSPS) is 12.7. The van der Waals surface area contributed by atoms with Crippen LogP contribution in [-0.2, 0) is 20.4 Å². The lowest BCUT2D eigenvalue weighted by Gasteiger charge is -2.09. The number of rotatable bonds is 6. The Bertz CT molecular complexity index is 780. The first-order valence-corrected chi connectivity index (χ1v) is 8.61. The van der Waals surface area contributed by atoms with E-state index in [2.05, 4.69) is 10.3 Å². The Morgan fingerprint density at radius 3 is 2.57 bits per heavy atom. The average Bonchev–Trinajstić information content (AvgIpc) is 3.01. The molecule has 0 bridgehead atoms. The first kappa shape index (κ1) is 17.0. The van der Waals surface area contributed by atoms with Crippen LogP contribution >= 0.6 is 0 Å². The Balaban J connectivity index is 2.17. The van der Waals surface area contributed by atoms with Gasteiger partial charge in [-0.25, -0.2) is 13.4 Å². The van der Waals surface area contributed by atoms with Gasteiger partial charge in [-0.1, -0.05) is 0 Å². The molecule has 1 unspecified atom stereocenters. The summed E-state index contributed by atoms with van der Waals surface area (Å²) in [5.74, 6) is 0.0955. The van der Waals surface area contributed by atoms with Gasteiger partial charge in [-0.3, -0.25) is 4.79 Å². The van der Waals surface area contributed by atoms with Crippen molar-refractivity contribution in [2.45, 2.75) is 17.9 Å². The van der Waals surface area contributed by atoms with Crippen molar-refractivity contribution >= 4 is 15.7 Å². The summed E-state index contributed by atoms with van der Waals surface area (Å²) in [5.41, 5.74) is 0.959. The predicted octanol–water partition coefficient (Wildman–Crippen LogP) is 1.40. The summed E-state index contributed by atoms with van der Waals surface area (Å²) in [6.07, 6.45) is 1.29. The van der Waals surface area contributed by atoms with Gasteiger partial charge in [0.1, 0.15) is 17.3 Å². The first-order valence-electron chi connectivity index (χ1n) is 6.89. The summed E-state index contributed by atoms with van der Waals surface area (Å²) >= 11 is 0. The molecule has 0 saturated heterocycles. The molecule has 0 radical (unpaired) electrons. The van der Waals surface area contributed by atoms with Crippen molar-refractivity contribution in [3.8, 4) is 17.2 Å². The van der Waals surface area contributed by atoms with E-state index in [0.29, 0.717) is 17.2 Å². The molecule has 0 spiro atoms. The molecule has 1 heterocycles. The topological polar surface area (TPSA) is 98.5 Å². The quantitative estimate of drug-likeness (QED) is 0.855. The lowest BCUT2D eigenvalue weighted by molar-refractivity contribution is -0.119. The molecule has 0 aliphatic carbocycles. The summed E-state index contributed by atoms with van der Waals surface area (Å²) in [6.45, 7) is 1.35. The van der Waals surface area contributed by atoms with Crippen LogP contribution in [0.5, 0.6) is 5.75 Å². The molecular formula is C15H18N2O5S. The zero-order valence-corrected chi connectivity index (χ0v) is 13.9. The molecule has 7 nitrogen and oxygen atoms in total. The Morgan fingerprint density at radius 1 is 1.35 bits per heavy atom. The van der Waals surface area contributed by atoms with Gasteiger partial charge in [0.15, 0.2) is 9.84 Å². The van der Waals surface area contributed by atoms with E-state index in [1.54, 1.807) is 31.4 Å². The molecular weight excluding hydrogens is 320 g/mol. The molecule has 1 amide bonds. The standard InChI is InChI=1S/C15H18N2O5S/c1-10(14(18)16-2)23(19,20)9-12-8-22-15(17-12)11-4-6-13(21-3)7-5-11/h4-8,10H,9H2,1-3H3,(H,16,18). The minimum atomic E-state index is -3.66. The zero-order chi connectivity index (χ0) is 17.0. The minimum absolute atomic E-state index is 0.256. The number of oxazole rings is 1. The van der Waals surface area contributed by atoms with Gasteiger partial charge >= 0.3 is 0 Å². The number of nitrogens with zero attached hydrogens (tertiary/aromatic N) is 1. The summed E-state index contributed by atoms with van der Waals surface area (Å²) in [4.78, 5) is 15.7. The molecule has 124 valence electrons. The van der Waals surface area contributed by atoms with Gasteiger partial charge in [-0.15, -0.1) is 0 Å². The van der Waals surface area contributed by atoms with Gasteiger partial charge in [0.2, 0.25) is 11.8 Å². The Labute approximate surface area is 134 Å². The van der Waals surface area contributed by atoms with Gasteiger partial charge in [0, 0.05) is 12.6 Å². The number of nitrogens with one attached hydrogen (secondary N) is 1. The lowest BCUT2D eigenvalue weighted by Crippen LogP contribution is -2.36. The second-order valence-electron chi connectivity index (χ2n) is 4.94. The van der Waals surface area contributed by atoms with Gasteiger partial charge in [0.25, 0.3) is 0 Å². The highest BCUT2D eigenvalue weighted by molar-refractivity contribution is 7.92. The molecule has 1 N–H and O–H groups in total. The van der Waals surface area contributed by atoms with Crippen molar-refractivity contribution in [1.82, 2.24) is 10.3 Å². The second-order valence-corrected chi connectivity index (χ2v) is 7.26. The number of aromatic nitrogens is 1. The third-order valence-corrected chi connectivity index (χ3v) is 5.38. The van der Waals surface area contributed by atoms with E-state index in [-0.39, 0.29) is 11.4 Å². The maximum absolute atomic E-state index is 12.2. The Morgan fingerprint density at radius 2 is 2.00 bits per heavy atom. The molecule has 1 aromatic heterocycles. The third kappa shape index (κ3) is 3.89. The van der Waals surface area contributed by atoms with E-state index in [1.807, 2.05) is 0 Å². The molecule has 1 aromatic carbocycles. The summed E-state index contributed by atoms with van der Waals surface area (Å²) in [7, 11) is -0.697. The summed E-state index contributed by atoms with van der Waals surface area (Å²) < 4.78 is 34.7. The van der Waals surface area contributed by atoms with Crippen LogP contribution in [0.15, 0.2) is 34.9 Å². The van der Waals surface area contributed by atoms with Crippen LogP contribution in [-0.4, -0.2) is 38.7 Å². The van der Waals surface area contributed by atoms with Crippen LogP contribution in [0.3, 0.4) is 0 Å². The van der Waals surface area contributed by atoms with Crippen molar-refractivity contribution < 1.29 is 22.4 Å². The van der Waals surface area contributed by atoms with Gasteiger partial charge in [-0.2, -0.15) is 0 Å². The number of carbonyl (C=O) groups excluding carboxylic acids is 1. The van der Waals surface area contributed by atoms with Crippen LogP contribution in [0.2, 0.25) is 0 Å². The van der Waals surface area contributed by atoms with Crippen molar-refractivity contribution in [2.24, 2.45) is 0 Å². The molecule has 0 aliphatic rings. The van der Waals surface area contributed by atoms with Crippen molar-refractivity contribution in [2.75, 3.05) is 14.2 Å². The van der Waals surface area contributed by atoms with Crippen LogP contribution in [0.4, 0.5) is 0 Å². The fraction of sp³-hybridized carbons (Fsp3) is 0.333. The summed E-state index contributed by atoms with van der Waals surface area (Å²) in [6, 6.07) is 7.03. The van der Waals surface area contributed by atoms with E-state index < -0.39 is 21.0 Å². The lowest BCUT2D eigenvalue weighted by atomic mass is 10.2. The van der Waals surface area contributed by atoms with Crippen LogP contribution in [0.25, 0.3) is 11.5 Å². The van der Waals surface area contributed by atoms with E-state index in [1.165, 1.54) is 20.2 Å². The monoisotopic (exact) mass is 338 g/mol. The van der Waals surface area contributed by atoms with Crippen molar-refractivity contribution in [1.29, 1.82) is 0 Å². The molecule has 1 atom stereocenters. The highest BCUT2D eigenvalue weighted by atomic mass is 32.2. The third-order valence-electron chi connectivity index (χ3n) is 3.39. The molecule has 2 rings (SSSR count). The fourth-order valence-corrected chi connectivity index (χ4v) is 3.18. The number of ether oxygens (including phenoxy) is 1. The number of amides is 1. The SMILES string of the molecule is CNC(=O)C(C)S(=O)(=O)Cc1coc(-c2ccc(OC)cc2)n1. The van der Waals surface area contributed by atoms with E-state index in [0.717, 1.165) is 0 Å². The van der Waals surface area contributed by atoms with Crippen LogP contribution < -0.4 is 10.1 Å². The molecule has 2 aromatic rings. The number of methoxy groups -OCH3 is 1. The molecule has 0 fully saturated rings. The fourth-order valence-electron chi connectivity index (χ4n) is 1.94. The number of sulfone groups is 1. The maximum atomic E-state index is 12.2. The van der Waals surface area contributed by atoms with Crippen molar-refractivity contribution in [3.63, 3.8) is 0 Å². The minimum Gasteiger partial charge on any atom is -0.497 e. The maximum Gasteiger partial charge on any atom is 0.237 e. The first-order chi connectivity index (χ1) is 10.9. The number of hydrogen-bond donors (Lipinski definition) is 1. The highest BCUT2D eigenvalue weighted by Gasteiger charge is 2.28. The van der Waals surface area contributed by atoms with Crippen LogP contribution in [0.1, 0.15) is 12.6 Å². The smallest absolute Gasteiger partial charge is 0.237 e. The van der Waals surface area contributed by atoms with E-state index in [9.17, 15) is 13.2 Å². The average molecular weight is 338 g/mol. The Kier molecular flexibility index (Phi) is 5.05. The predicted molar refractivity (Wildman–Crippen MR) is 84.6 cm³/mol. The van der Waals surface area contributed by atoms with E-state index in [4.69, 9.17) is 9.15 Å². The number of hydrogen-bond acceptors (Lipinski definition) is 6. The van der Waals surface area contributed by atoms with Gasteiger partial charge < -0.3 is 14.5 Å². The van der Waals surface area contributed by atoms with Gasteiger partial charge in [0.05, 0.1) is 18.6 Å². The molecule has 0 aliphatic heterocycles. The highest BCUT2D eigenvalue weighted by Crippen LogP contribution is 2.22. The van der Waals surface area contributed by atoms with E-state index >= 15 is 0 Å².